The van der Waals surface area contributed by atoms with E-state index in [1.165, 1.54) is 0 Å². The second kappa shape index (κ2) is 6.41. The summed E-state index contributed by atoms with van der Waals surface area (Å²) in [6.45, 7) is 8.98. The Hall–Kier alpha value is -1.33. The van der Waals surface area contributed by atoms with Crippen molar-refractivity contribution in [2.45, 2.75) is 39.0 Å². The average molecular weight is 279 g/mol. The molecule has 0 spiro atoms. The molecule has 112 valence electrons. The minimum Gasteiger partial charge on any atom is -0.378 e. The van der Waals surface area contributed by atoms with Gasteiger partial charge in [0.15, 0.2) is 0 Å². The number of nitrogens with one attached hydrogen (secondary N) is 1. The molecular formula is C15H25N3O2. The Morgan fingerprint density at radius 3 is 2.85 bits per heavy atom. The quantitative estimate of drug-likeness (QED) is 0.889. The number of carbonyl (C=O) groups excluding carboxylic acids is 1. The molecule has 1 fully saturated rings. The summed E-state index contributed by atoms with van der Waals surface area (Å²) in [5.41, 5.74) is 0.713. The molecule has 0 bridgehead atoms. The summed E-state index contributed by atoms with van der Waals surface area (Å²) in [7, 11) is 1.71. The Kier molecular flexibility index (Phi) is 4.83. The van der Waals surface area contributed by atoms with Crippen LogP contribution in [0.25, 0.3) is 0 Å². The van der Waals surface area contributed by atoms with E-state index in [1.807, 2.05) is 22.9 Å². The van der Waals surface area contributed by atoms with Gasteiger partial charge in [0.2, 0.25) is 0 Å². The summed E-state index contributed by atoms with van der Waals surface area (Å²) in [6.07, 6.45) is 2.02. The van der Waals surface area contributed by atoms with Crippen LogP contribution in [0.3, 0.4) is 0 Å². The topological polar surface area (TPSA) is 46.5 Å². The first-order valence-corrected chi connectivity index (χ1v) is 7.29. The Balaban J connectivity index is 2.05. The first-order chi connectivity index (χ1) is 9.56. The van der Waals surface area contributed by atoms with E-state index in [0.717, 1.165) is 19.6 Å². The standard InChI is InChI=1S/C15H25N3O2/c1-5-17-9-12(14(10-17)20-4)16-15(19)13-7-6-8-18(13)11(2)3/h6-8,11-12,14H,5,9-10H2,1-4H3,(H,16,19)/t12-,14-/m0/s1. The molecule has 0 aliphatic carbocycles. The molecule has 0 saturated carbocycles. The number of amides is 1. The maximum atomic E-state index is 12.4. The van der Waals surface area contributed by atoms with Gasteiger partial charge in [-0.1, -0.05) is 6.92 Å². The highest BCUT2D eigenvalue weighted by Gasteiger charge is 2.33. The van der Waals surface area contributed by atoms with Crippen LogP contribution < -0.4 is 5.32 Å². The van der Waals surface area contributed by atoms with Crippen molar-refractivity contribution in [1.29, 1.82) is 0 Å². The molecule has 1 aromatic rings. The Morgan fingerprint density at radius 1 is 1.50 bits per heavy atom. The first kappa shape index (κ1) is 15.1. The van der Waals surface area contributed by atoms with E-state index in [1.54, 1.807) is 7.11 Å². The van der Waals surface area contributed by atoms with Crippen LogP contribution in [0.4, 0.5) is 0 Å². The van der Waals surface area contributed by atoms with Crippen molar-refractivity contribution in [3.63, 3.8) is 0 Å². The molecule has 0 aromatic carbocycles. The van der Waals surface area contributed by atoms with Crippen molar-refractivity contribution in [2.75, 3.05) is 26.7 Å². The van der Waals surface area contributed by atoms with Crippen LogP contribution in [-0.4, -0.2) is 54.3 Å². The Labute approximate surface area is 120 Å². The number of ether oxygens (including phenoxy) is 1. The van der Waals surface area contributed by atoms with Gasteiger partial charge in [-0.05, 0) is 32.5 Å². The van der Waals surface area contributed by atoms with E-state index in [4.69, 9.17) is 4.74 Å². The third-order valence-electron chi connectivity index (χ3n) is 3.98. The maximum absolute atomic E-state index is 12.4. The van der Waals surface area contributed by atoms with Gasteiger partial charge in [-0.3, -0.25) is 9.69 Å². The highest BCUT2D eigenvalue weighted by molar-refractivity contribution is 5.93. The predicted molar refractivity (Wildman–Crippen MR) is 79.0 cm³/mol. The monoisotopic (exact) mass is 279 g/mol. The molecule has 5 nitrogen and oxygen atoms in total. The van der Waals surface area contributed by atoms with E-state index in [-0.39, 0.29) is 24.1 Å². The highest BCUT2D eigenvalue weighted by atomic mass is 16.5. The molecule has 1 aliphatic rings. The number of hydrogen-bond donors (Lipinski definition) is 1. The van der Waals surface area contributed by atoms with Gasteiger partial charge in [-0.25, -0.2) is 0 Å². The zero-order valence-electron chi connectivity index (χ0n) is 12.8. The lowest BCUT2D eigenvalue weighted by Crippen LogP contribution is -2.44. The molecule has 2 rings (SSSR count). The number of nitrogens with zero attached hydrogens (tertiary/aromatic N) is 2. The lowest BCUT2D eigenvalue weighted by atomic mass is 10.2. The smallest absolute Gasteiger partial charge is 0.268 e. The van der Waals surface area contributed by atoms with Gasteiger partial charge >= 0.3 is 0 Å². The highest BCUT2D eigenvalue weighted by Crippen LogP contribution is 2.15. The average Bonchev–Trinajstić information content (AvgIpc) is 3.04. The second-order valence-electron chi connectivity index (χ2n) is 5.60. The van der Waals surface area contributed by atoms with Crippen LogP contribution >= 0.6 is 0 Å². The van der Waals surface area contributed by atoms with Crippen molar-refractivity contribution in [3.8, 4) is 0 Å². The van der Waals surface area contributed by atoms with Crippen LogP contribution in [0.1, 0.15) is 37.3 Å². The first-order valence-electron chi connectivity index (χ1n) is 7.29. The van der Waals surface area contributed by atoms with E-state index in [9.17, 15) is 4.79 Å². The number of aromatic nitrogens is 1. The molecule has 2 atom stereocenters. The van der Waals surface area contributed by atoms with Gasteiger partial charge < -0.3 is 14.6 Å². The second-order valence-corrected chi connectivity index (χ2v) is 5.60. The van der Waals surface area contributed by atoms with E-state index < -0.39 is 0 Å². The zero-order valence-corrected chi connectivity index (χ0v) is 12.8. The normalized spacial score (nSPS) is 23.4. The van der Waals surface area contributed by atoms with Gasteiger partial charge in [0.1, 0.15) is 5.69 Å². The molecule has 1 aromatic heterocycles. The largest absolute Gasteiger partial charge is 0.378 e. The Morgan fingerprint density at radius 2 is 2.25 bits per heavy atom. The van der Waals surface area contributed by atoms with Crippen LogP contribution in [0.2, 0.25) is 0 Å². The summed E-state index contributed by atoms with van der Waals surface area (Å²) >= 11 is 0. The van der Waals surface area contributed by atoms with Crippen molar-refractivity contribution < 1.29 is 9.53 Å². The minimum absolute atomic E-state index is 0.0197. The fourth-order valence-electron chi connectivity index (χ4n) is 2.77. The molecule has 20 heavy (non-hydrogen) atoms. The summed E-state index contributed by atoms with van der Waals surface area (Å²) in [4.78, 5) is 14.7. The third-order valence-corrected chi connectivity index (χ3v) is 3.98. The van der Waals surface area contributed by atoms with Crippen LogP contribution in [0, 0.1) is 0 Å². The van der Waals surface area contributed by atoms with Crippen LogP contribution in [0.5, 0.6) is 0 Å². The van der Waals surface area contributed by atoms with Gasteiger partial charge in [0.25, 0.3) is 5.91 Å². The third kappa shape index (κ3) is 3.04. The minimum atomic E-state index is -0.0197. The number of likely N-dealkylation sites (tertiary alicyclic amines) is 1. The number of methoxy groups -OCH3 is 1. The van der Waals surface area contributed by atoms with Crippen LogP contribution in [0.15, 0.2) is 18.3 Å². The molecule has 2 heterocycles. The summed E-state index contributed by atoms with van der Waals surface area (Å²) in [6, 6.07) is 4.11. The lowest BCUT2D eigenvalue weighted by Gasteiger charge is -2.20. The maximum Gasteiger partial charge on any atom is 0.268 e. The fraction of sp³-hybridized carbons (Fsp3) is 0.667. The summed E-state index contributed by atoms with van der Waals surface area (Å²) in [5, 5.41) is 3.12. The number of carbonyl (C=O) groups is 1. The summed E-state index contributed by atoms with van der Waals surface area (Å²) < 4.78 is 7.48. The van der Waals surface area contributed by atoms with Gasteiger partial charge in [0, 0.05) is 32.4 Å². The van der Waals surface area contributed by atoms with Crippen molar-refractivity contribution in [2.24, 2.45) is 0 Å². The Bertz CT molecular complexity index is 456. The van der Waals surface area contributed by atoms with Crippen molar-refractivity contribution in [3.05, 3.63) is 24.0 Å². The van der Waals surface area contributed by atoms with Crippen molar-refractivity contribution in [1.82, 2.24) is 14.8 Å². The van der Waals surface area contributed by atoms with E-state index in [2.05, 4.69) is 31.0 Å². The SMILES string of the molecule is CCN1C[C@H](NC(=O)c2cccn2C(C)C)[C@@H](OC)C1. The number of likely N-dealkylation sites (N-methyl/N-ethyl adjacent to an activating group) is 1. The molecule has 1 saturated heterocycles. The van der Waals surface area contributed by atoms with Gasteiger partial charge in [0.05, 0.1) is 12.1 Å². The fourth-order valence-corrected chi connectivity index (χ4v) is 2.77. The predicted octanol–water partition coefficient (Wildman–Crippen LogP) is 1.52. The van der Waals surface area contributed by atoms with Crippen molar-refractivity contribution >= 4 is 5.91 Å². The van der Waals surface area contributed by atoms with Gasteiger partial charge in [-0.15, -0.1) is 0 Å². The summed E-state index contributed by atoms with van der Waals surface area (Å²) in [5.74, 6) is -0.0197. The molecule has 0 radical (unpaired) electrons. The molecule has 1 N–H and O–H groups in total. The lowest BCUT2D eigenvalue weighted by molar-refractivity contribution is 0.0755. The number of hydrogen-bond acceptors (Lipinski definition) is 3. The molecular weight excluding hydrogens is 254 g/mol. The van der Waals surface area contributed by atoms with Gasteiger partial charge in [-0.2, -0.15) is 0 Å². The zero-order chi connectivity index (χ0) is 14.7. The molecule has 0 unspecified atom stereocenters. The molecule has 1 aliphatic heterocycles. The number of rotatable bonds is 5. The van der Waals surface area contributed by atoms with E-state index >= 15 is 0 Å². The molecule has 5 heteroatoms. The molecule has 1 amide bonds. The van der Waals surface area contributed by atoms with Crippen LogP contribution in [-0.2, 0) is 4.74 Å². The van der Waals surface area contributed by atoms with E-state index in [0.29, 0.717) is 5.69 Å².